The minimum absolute atomic E-state index is 0.142. The Kier molecular flexibility index (Phi) is 12.9. The van der Waals surface area contributed by atoms with Crippen LogP contribution in [0.4, 0.5) is 11.4 Å². The van der Waals surface area contributed by atoms with Gasteiger partial charge in [-0.3, -0.25) is 9.59 Å². The van der Waals surface area contributed by atoms with Gasteiger partial charge in [0.2, 0.25) is 0 Å². The molecule has 0 fully saturated rings. The third kappa shape index (κ3) is 8.75. The Morgan fingerprint density at radius 2 is 1.85 bits per heavy atom. The van der Waals surface area contributed by atoms with Gasteiger partial charge >= 0.3 is 64.2 Å². The number of aliphatic hydroxyl groups is 1. The quantitative estimate of drug-likeness (QED) is 0.204. The van der Waals surface area contributed by atoms with Crippen molar-refractivity contribution in [1.29, 1.82) is 0 Å². The number of fused-ring (bicyclic) bond motifs is 1. The molecule has 3 unspecified atom stereocenters. The molecule has 40 heavy (non-hydrogen) atoms. The van der Waals surface area contributed by atoms with Crippen molar-refractivity contribution in [1.82, 2.24) is 0 Å². The van der Waals surface area contributed by atoms with E-state index in [9.17, 15) is 14.7 Å². The van der Waals surface area contributed by atoms with Gasteiger partial charge in [-0.25, -0.2) is 0 Å². The molecule has 1 aliphatic heterocycles. The zero-order chi connectivity index (χ0) is 29.2. The topological polar surface area (TPSA) is 69.6 Å². The van der Waals surface area contributed by atoms with E-state index in [1.807, 2.05) is 32.0 Å². The normalized spacial score (nSPS) is 15.7. The van der Waals surface area contributed by atoms with E-state index >= 15 is 0 Å². The van der Waals surface area contributed by atoms with Gasteiger partial charge in [0.05, 0.1) is 6.10 Å². The van der Waals surface area contributed by atoms with Gasteiger partial charge in [0, 0.05) is 39.6 Å². The summed E-state index contributed by atoms with van der Waals surface area (Å²) in [5, 5.41) is 13.9. The van der Waals surface area contributed by atoms with Crippen LogP contribution in [0.3, 0.4) is 0 Å². The molecule has 0 spiro atoms. The Balaban J connectivity index is 0.000000482. The Bertz CT molecular complexity index is 1310. The van der Waals surface area contributed by atoms with Crippen LogP contribution in [0.15, 0.2) is 60.7 Å². The monoisotopic (exact) mass is 693 g/mol. The predicted molar refractivity (Wildman–Crippen MR) is 166 cm³/mol. The molecule has 3 aromatic carbocycles. The molecule has 1 heterocycles. The number of rotatable bonds is 7. The van der Waals surface area contributed by atoms with E-state index < -0.39 is 6.10 Å². The summed E-state index contributed by atoms with van der Waals surface area (Å²) in [6.07, 6.45) is 4.71. The summed E-state index contributed by atoms with van der Waals surface area (Å²) in [7, 11) is 0. The fourth-order valence-electron chi connectivity index (χ4n) is 4.76. The number of alkyl halides is 1. The molecule has 2 amide bonds. The number of anilines is 2. The number of halogens is 2. The van der Waals surface area contributed by atoms with Crippen LogP contribution in [0.2, 0.25) is 5.02 Å². The summed E-state index contributed by atoms with van der Waals surface area (Å²) in [6.45, 7) is 11.3. The maximum absolute atomic E-state index is 13.5. The number of aryl methyl sites for hydroxylation is 2. The molecule has 2 N–H and O–H groups in total. The molecule has 0 radical (unpaired) electrons. The zero-order valence-corrected chi connectivity index (χ0v) is 27.8. The molecule has 5 nitrogen and oxygen atoms in total. The van der Waals surface area contributed by atoms with Crippen LogP contribution < -0.4 is 30.9 Å². The molecule has 0 aliphatic carbocycles. The summed E-state index contributed by atoms with van der Waals surface area (Å²) in [6, 6.07) is 17.9. The number of benzene rings is 3. The number of nitrogens with one attached hydrogen (secondary N) is 1. The minimum Gasteiger partial charge on any atom is -0.388 e. The third-order valence-corrected chi connectivity index (χ3v) is 13.3. The summed E-state index contributed by atoms with van der Waals surface area (Å²) in [5.41, 5.74) is 4.81. The summed E-state index contributed by atoms with van der Waals surface area (Å²) >= 11 is 6.72. The molecule has 3 atom stereocenters. The van der Waals surface area contributed by atoms with Crippen molar-refractivity contribution in [2.45, 2.75) is 63.4 Å². The fourth-order valence-corrected chi connectivity index (χ4v) is 10.2. The molecule has 0 aromatic heterocycles. The second kappa shape index (κ2) is 15.9. The first kappa shape index (κ1) is 32.5. The van der Waals surface area contributed by atoms with Crippen LogP contribution in [-0.2, 0) is 0 Å². The molecule has 8 heteroatoms. The van der Waals surface area contributed by atoms with Crippen LogP contribution in [0, 0.1) is 13.8 Å². The second-order valence-corrected chi connectivity index (χ2v) is 18.2. The first-order valence-electron chi connectivity index (χ1n) is 13.7. The Hall–Kier alpha value is -1.99. The van der Waals surface area contributed by atoms with Gasteiger partial charge in [0.1, 0.15) is 0 Å². The molecule has 0 bridgehead atoms. The molecule has 1 aliphatic rings. The van der Waals surface area contributed by atoms with Crippen molar-refractivity contribution < 1.29 is 35.4 Å². The van der Waals surface area contributed by atoms with E-state index in [0.29, 0.717) is 73.1 Å². The van der Waals surface area contributed by atoms with Crippen molar-refractivity contribution in [2.75, 3.05) is 23.4 Å². The fraction of sp³-hybridized carbons (Fsp3) is 0.375. The van der Waals surface area contributed by atoms with Gasteiger partial charge in [-0.05, 0) is 80.3 Å². The SMILES string of the molecule is CCCC(C)[I-]PC.Cc1ccccc1C(=O)Nc1ccc(C(=O)N2CCCC(O)c3cc(Cl)ccc32)c(C)c1. The van der Waals surface area contributed by atoms with Crippen LogP contribution in [0.1, 0.15) is 83.0 Å². The number of amides is 2. The van der Waals surface area contributed by atoms with E-state index in [2.05, 4.69) is 25.8 Å². The average molecular weight is 694 g/mol. The van der Waals surface area contributed by atoms with Crippen LogP contribution in [0.25, 0.3) is 0 Å². The van der Waals surface area contributed by atoms with Crippen LogP contribution in [0.5, 0.6) is 0 Å². The van der Waals surface area contributed by atoms with Crippen molar-refractivity contribution in [2.24, 2.45) is 0 Å². The maximum Gasteiger partial charge on any atom is 0.258 e. The average Bonchev–Trinajstić information content (AvgIpc) is 3.07. The standard InChI is InChI=1S/C26H25ClN2O3.C6H15IP/c1-16-6-3-4-7-20(16)25(31)28-19-10-11-21(17(2)14-19)26(32)29-13-5-8-24(30)22-15-18(27)9-12-23(22)29;1-4-5-6(2)7-8-3/h3-4,6-7,9-12,14-15,24,30H,5,8,13H2,1-2H3,(H,28,31);6,8H,4-5H2,1-3H3/q;-1. The van der Waals surface area contributed by atoms with E-state index in [1.165, 1.54) is 19.1 Å². The van der Waals surface area contributed by atoms with Crippen molar-refractivity contribution in [3.8, 4) is 0 Å². The number of carbonyl (C=O) groups excluding carboxylic acids is 2. The molecular weight excluding hydrogens is 654 g/mol. The summed E-state index contributed by atoms with van der Waals surface area (Å²) in [5.74, 6) is -0.328. The first-order valence-corrected chi connectivity index (χ1v) is 20.0. The van der Waals surface area contributed by atoms with E-state index in [-0.39, 0.29) is 11.8 Å². The van der Waals surface area contributed by atoms with Gasteiger partial charge in [-0.1, -0.05) is 29.8 Å². The first-order chi connectivity index (χ1) is 19.2. The van der Waals surface area contributed by atoms with Crippen LogP contribution in [-0.4, -0.2) is 34.1 Å². The molecule has 3 aromatic rings. The maximum atomic E-state index is 13.5. The number of nitrogens with zero attached hydrogens (tertiary/aromatic N) is 1. The molecule has 216 valence electrons. The number of hydrogen-bond donors (Lipinski definition) is 2. The van der Waals surface area contributed by atoms with Crippen molar-refractivity contribution in [3.63, 3.8) is 0 Å². The molecule has 4 rings (SSSR count). The van der Waals surface area contributed by atoms with Crippen molar-refractivity contribution in [3.05, 3.63) is 93.5 Å². The Morgan fingerprint density at radius 3 is 2.52 bits per heavy atom. The van der Waals surface area contributed by atoms with E-state index in [4.69, 9.17) is 11.6 Å². The smallest absolute Gasteiger partial charge is 0.258 e. The van der Waals surface area contributed by atoms with Crippen LogP contribution >= 0.6 is 17.8 Å². The molecule has 0 saturated heterocycles. The Labute approximate surface area is 255 Å². The number of hydrogen-bond acceptors (Lipinski definition) is 3. The predicted octanol–water partition coefficient (Wildman–Crippen LogP) is 5.17. The van der Waals surface area contributed by atoms with Crippen molar-refractivity contribution >= 4 is 41.0 Å². The van der Waals surface area contributed by atoms with Gasteiger partial charge in [0.25, 0.3) is 11.8 Å². The van der Waals surface area contributed by atoms with Gasteiger partial charge in [0.15, 0.2) is 0 Å². The molecule has 0 saturated carbocycles. The molecular formula is C32H40ClIN2O3P-. The van der Waals surface area contributed by atoms with E-state index in [0.717, 1.165) is 15.1 Å². The summed E-state index contributed by atoms with van der Waals surface area (Å²) in [4.78, 5) is 27.8. The summed E-state index contributed by atoms with van der Waals surface area (Å²) < 4.78 is 1.09. The Morgan fingerprint density at radius 1 is 1.10 bits per heavy atom. The van der Waals surface area contributed by atoms with Gasteiger partial charge in [-0.15, -0.1) is 0 Å². The number of carbonyl (C=O) groups is 2. The zero-order valence-electron chi connectivity index (χ0n) is 23.9. The largest absolute Gasteiger partial charge is 0.388 e. The minimum atomic E-state index is -0.651. The van der Waals surface area contributed by atoms with Gasteiger partial charge < -0.3 is 15.3 Å². The van der Waals surface area contributed by atoms with Gasteiger partial charge in [-0.2, -0.15) is 0 Å². The van der Waals surface area contributed by atoms with E-state index in [1.54, 1.807) is 47.4 Å². The second-order valence-electron chi connectivity index (χ2n) is 9.98. The number of aliphatic hydroxyl groups excluding tert-OH is 1. The third-order valence-electron chi connectivity index (χ3n) is 6.83.